The van der Waals surface area contributed by atoms with E-state index in [0.29, 0.717) is 23.8 Å². The molecule has 4 nitrogen and oxygen atoms in total. The zero-order valence-corrected chi connectivity index (χ0v) is 14.9. The first-order valence-corrected chi connectivity index (χ1v) is 8.73. The summed E-state index contributed by atoms with van der Waals surface area (Å²) in [4.78, 5) is 12.4. The molecule has 1 N–H and O–H groups in total. The number of nitrogens with one attached hydrogen (secondary N) is 1. The van der Waals surface area contributed by atoms with E-state index >= 15 is 0 Å². The highest BCUT2D eigenvalue weighted by molar-refractivity contribution is 5.81. The summed E-state index contributed by atoms with van der Waals surface area (Å²) in [6, 6.07) is 7.41. The van der Waals surface area contributed by atoms with Crippen LogP contribution in [0.5, 0.6) is 11.5 Å². The van der Waals surface area contributed by atoms with E-state index in [9.17, 15) is 4.79 Å². The lowest BCUT2D eigenvalue weighted by atomic mass is 9.99. The predicted octanol–water partition coefficient (Wildman–Crippen LogP) is 4.19. The van der Waals surface area contributed by atoms with E-state index in [4.69, 9.17) is 9.47 Å². The van der Waals surface area contributed by atoms with Gasteiger partial charge in [-0.1, -0.05) is 52.2 Å². The fourth-order valence-corrected chi connectivity index (χ4v) is 2.49. The molecule has 0 radical (unpaired) electrons. The molecule has 0 bridgehead atoms. The van der Waals surface area contributed by atoms with Gasteiger partial charge in [-0.15, -0.1) is 0 Å². The maximum absolute atomic E-state index is 12.4. The fourth-order valence-electron chi connectivity index (χ4n) is 2.49. The second-order valence-electron chi connectivity index (χ2n) is 5.83. The summed E-state index contributed by atoms with van der Waals surface area (Å²) in [6.45, 7) is 7.05. The number of benzene rings is 1. The molecular formula is C19H31NO3. The Labute approximate surface area is 140 Å². The Morgan fingerprint density at radius 3 is 2.39 bits per heavy atom. The van der Waals surface area contributed by atoms with Gasteiger partial charge in [0, 0.05) is 6.54 Å². The van der Waals surface area contributed by atoms with Crippen molar-refractivity contribution in [2.24, 2.45) is 5.92 Å². The Hall–Kier alpha value is -1.71. The van der Waals surface area contributed by atoms with Crippen LogP contribution in [0, 0.1) is 5.92 Å². The standard InChI is InChI=1S/C19H31NO3/c1-5-8-11-15(6-2)14-20-19(21)16(7-3)23-18-13-10-9-12-17(18)22-4/h9-10,12-13,15-16H,5-8,11,14H2,1-4H3,(H,20,21). The van der Waals surface area contributed by atoms with Crippen molar-refractivity contribution >= 4 is 5.91 Å². The Balaban J connectivity index is 2.57. The molecule has 0 aliphatic heterocycles. The summed E-state index contributed by atoms with van der Waals surface area (Å²) < 4.78 is 11.1. The highest BCUT2D eigenvalue weighted by Crippen LogP contribution is 2.27. The minimum atomic E-state index is -0.491. The van der Waals surface area contributed by atoms with E-state index in [2.05, 4.69) is 19.2 Å². The van der Waals surface area contributed by atoms with Crippen LogP contribution in [-0.4, -0.2) is 25.7 Å². The van der Waals surface area contributed by atoms with Gasteiger partial charge in [0.05, 0.1) is 7.11 Å². The molecule has 1 rings (SSSR count). The quantitative estimate of drug-likeness (QED) is 0.665. The molecule has 2 atom stereocenters. The van der Waals surface area contributed by atoms with Gasteiger partial charge < -0.3 is 14.8 Å². The summed E-state index contributed by atoms with van der Waals surface area (Å²) >= 11 is 0. The molecule has 0 spiro atoms. The molecule has 0 saturated heterocycles. The average Bonchev–Trinajstić information content (AvgIpc) is 2.59. The third kappa shape index (κ3) is 6.51. The number of para-hydroxylation sites is 2. The van der Waals surface area contributed by atoms with Gasteiger partial charge in [0.2, 0.25) is 0 Å². The van der Waals surface area contributed by atoms with E-state index < -0.39 is 6.10 Å². The van der Waals surface area contributed by atoms with Crippen LogP contribution in [-0.2, 0) is 4.79 Å². The van der Waals surface area contributed by atoms with E-state index in [1.165, 1.54) is 12.8 Å². The second kappa shape index (κ2) is 10.9. The minimum Gasteiger partial charge on any atom is -0.493 e. The molecule has 0 heterocycles. The minimum absolute atomic E-state index is 0.0478. The van der Waals surface area contributed by atoms with Gasteiger partial charge in [0.25, 0.3) is 5.91 Å². The van der Waals surface area contributed by atoms with E-state index in [-0.39, 0.29) is 5.91 Å². The summed E-state index contributed by atoms with van der Waals surface area (Å²) in [6.07, 6.45) is 4.79. The topological polar surface area (TPSA) is 47.6 Å². The van der Waals surface area contributed by atoms with Crippen LogP contribution in [0.2, 0.25) is 0 Å². The molecule has 23 heavy (non-hydrogen) atoms. The van der Waals surface area contributed by atoms with Crippen LogP contribution >= 0.6 is 0 Å². The van der Waals surface area contributed by atoms with Crippen molar-refractivity contribution < 1.29 is 14.3 Å². The van der Waals surface area contributed by atoms with Gasteiger partial charge in [-0.05, 0) is 30.9 Å². The van der Waals surface area contributed by atoms with Gasteiger partial charge in [-0.3, -0.25) is 4.79 Å². The van der Waals surface area contributed by atoms with Crippen molar-refractivity contribution in [3.8, 4) is 11.5 Å². The molecule has 0 fully saturated rings. The zero-order chi connectivity index (χ0) is 17.1. The Morgan fingerprint density at radius 2 is 1.83 bits per heavy atom. The molecule has 1 amide bonds. The van der Waals surface area contributed by atoms with Crippen LogP contribution in [0.25, 0.3) is 0 Å². The molecule has 130 valence electrons. The molecule has 0 saturated carbocycles. The third-order valence-corrected chi connectivity index (χ3v) is 4.11. The largest absolute Gasteiger partial charge is 0.493 e. The van der Waals surface area contributed by atoms with Gasteiger partial charge in [-0.2, -0.15) is 0 Å². The number of ether oxygens (including phenoxy) is 2. The van der Waals surface area contributed by atoms with E-state index in [0.717, 1.165) is 19.4 Å². The van der Waals surface area contributed by atoms with E-state index in [1.807, 2.05) is 31.2 Å². The smallest absolute Gasteiger partial charge is 0.261 e. The number of methoxy groups -OCH3 is 1. The monoisotopic (exact) mass is 321 g/mol. The third-order valence-electron chi connectivity index (χ3n) is 4.11. The van der Waals surface area contributed by atoms with Crippen molar-refractivity contribution in [2.75, 3.05) is 13.7 Å². The second-order valence-corrected chi connectivity index (χ2v) is 5.83. The maximum Gasteiger partial charge on any atom is 0.261 e. The first kappa shape index (κ1) is 19.3. The van der Waals surface area contributed by atoms with Crippen molar-refractivity contribution in [3.05, 3.63) is 24.3 Å². The molecular weight excluding hydrogens is 290 g/mol. The molecule has 2 unspecified atom stereocenters. The molecule has 0 aliphatic rings. The number of hydrogen-bond donors (Lipinski definition) is 1. The lowest BCUT2D eigenvalue weighted by Crippen LogP contribution is -2.40. The van der Waals surface area contributed by atoms with Crippen molar-refractivity contribution in [3.63, 3.8) is 0 Å². The van der Waals surface area contributed by atoms with Gasteiger partial charge in [-0.25, -0.2) is 0 Å². The normalized spacial score (nSPS) is 13.2. The number of unbranched alkanes of at least 4 members (excludes halogenated alkanes) is 1. The molecule has 1 aromatic rings. The Morgan fingerprint density at radius 1 is 1.13 bits per heavy atom. The van der Waals surface area contributed by atoms with Gasteiger partial charge in [0.15, 0.2) is 17.6 Å². The lowest BCUT2D eigenvalue weighted by molar-refractivity contribution is -0.128. The van der Waals surface area contributed by atoms with Crippen LogP contribution in [0.1, 0.15) is 52.9 Å². The molecule has 1 aromatic carbocycles. The summed E-state index contributed by atoms with van der Waals surface area (Å²) in [5.74, 6) is 1.75. The summed E-state index contributed by atoms with van der Waals surface area (Å²) in [5.41, 5.74) is 0. The predicted molar refractivity (Wildman–Crippen MR) is 94.0 cm³/mol. The van der Waals surface area contributed by atoms with Crippen LogP contribution in [0.3, 0.4) is 0 Å². The lowest BCUT2D eigenvalue weighted by Gasteiger charge is -2.21. The van der Waals surface area contributed by atoms with Gasteiger partial charge in [0.1, 0.15) is 0 Å². The zero-order valence-electron chi connectivity index (χ0n) is 14.9. The van der Waals surface area contributed by atoms with Gasteiger partial charge >= 0.3 is 0 Å². The van der Waals surface area contributed by atoms with Crippen LogP contribution in [0.15, 0.2) is 24.3 Å². The average molecular weight is 321 g/mol. The molecule has 0 aromatic heterocycles. The van der Waals surface area contributed by atoms with Crippen LogP contribution < -0.4 is 14.8 Å². The van der Waals surface area contributed by atoms with Crippen molar-refractivity contribution in [1.29, 1.82) is 0 Å². The number of carbonyl (C=O) groups is 1. The molecule has 4 heteroatoms. The molecule has 0 aliphatic carbocycles. The Bertz CT molecular complexity index is 462. The van der Waals surface area contributed by atoms with Crippen molar-refractivity contribution in [2.45, 2.75) is 59.0 Å². The Kier molecular flexibility index (Phi) is 9.18. The summed E-state index contributed by atoms with van der Waals surface area (Å²) in [5, 5.41) is 3.05. The number of carbonyl (C=O) groups excluding carboxylic acids is 1. The highest BCUT2D eigenvalue weighted by atomic mass is 16.5. The SMILES string of the molecule is CCCCC(CC)CNC(=O)C(CC)Oc1ccccc1OC. The van der Waals surface area contributed by atoms with E-state index in [1.54, 1.807) is 7.11 Å². The first-order chi connectivity index (χ1) is 11.2. The number of hydrogen-bond acceptors (Lipinski definition) is 3. The van der Waals surface area contributed by atoms with Crippen molar-refractivity contribution in [1.82, 2.24) is 5.32 Å². The first-order valence-electron chi connectivity index (χ1n) is 8.73. The highest BCUT2D eigenvalue weighted by Gasteiger charge is 2.20. The maximum atomic E-state index is 12.4. The van der Waals surface area contributed by atoms with Crippen LogP contribution in [0.4, 0.5) is 0 Å². The summed E-state index contributed by atoms with van der Waals surface area (Å²) in [7, 11) is 1.60. The number of amides is 1. The fraction of sp³-hybridized carbons (Fsp3) is 0.632. The number of rotatable bonds is 11.